The van der Waals surface area contributed by atoms with Crippen LogP contribution in [0.25, 0.3) is 0 Å². The molecule has 1 saturated heterocycles. The Kier molecular flexibility index (Phi) is 6.06. The number of hydrogen-bond acceptors (Lipinski definition) is 3. The van der Waals surface area contributed by atoms with E-state index in [0.717, 1.165) is 0 Å². The van der Waals surface area contributed by atoms with E-state index in [9.17, 15) is 18.0 Å². The van der Waals surface area contributed by atoms with Gasteiger partial charge < -0.3 is 15.8 Å². The molecule has 1 fully saturated rings. The number of halogens is 4. The van der Waals surface area contributed by atoms with Crippen LogP contribution in [-0.4, -0.2) is 37.4 Å². The SMILES string of the molecule is Cl.NC(C(=O)NC1CCOCC1)C(F)(F)F. The molecule has 1 aliphatic rings. The van der Waals surface area contributed by atoms with Gasteiger partial charge in [0.05, 0.1) is 0 Å². The predicted octanol–water partition coefficient (Wildman–Crippen LogP) is 0.593. The van der Waals surface area contributed by atoms with Crippen molar-refractivity contribution >= 4 is 18.3 Å². The van der Waals surface area contributed by atoms with Gasteiger partial charge in [-0.05, 0) is 12.8 Å². The number of amides is 1. The number of alkyl halides is 3. The van der Waals surface area contributed by atoms with E-state index in [2.05, 4.69) is 5.32 Å². The van der Waals surface area contributed by atoms with Crippen molar-refractivity contribution in [2.45, 2.75) is 31.1 Å². The Bertz CT molecular complexity index is 232. The number of ether oxygens (including phenoxy) is 1. The van der Waals surface area contributed by atoms with E-state index in [1.807, 2.05) is 0 Å². The van der Waals surface area contributed by atoms with Crippen molar-refractivity contribution in [2.75, 3.05) is 13.2 Å². The summed E-state index contributed by atoms with van der Waals surface area (Å²) in [7, 11) is 0. The largest absolute Gasteiger partial charge is 0.412 e. The fourth-order valence-electron chi connectivity index (χ4n) is 1.28. The molecule has 0 aromatic heterocycles. The number of nitrogens with one attached hydrogen (secondary N) is 1. The molecular weight excluding hydrogens is 249 g/mol. The van der Waals surface area contributed by atoms with Crippen LogP contribution in [0.1, 0.15) is 12.8 Å². The van der Waals surface area contributed by atoms with E-state index in [4.69, 9.17) is 10.5 Å². The monoisotopic (exact) mass is 262 g/mol. The topological polar surface area (TPSA) is 64.4 Å². The van der Waals surface area contributed by atoms with Crippen LogP contribution < -0.4 is 11.1 Å². The molecule has 8 heteroatoms. The highest BCUT2D eigenvalue weighted by atomic mass is 35.5. The molecule has 4 nitrogen and oxygen atoms in total. The van der Waals surface area contributed by atoms with Gasteiger partial charge in [-0.3, -0.25) is 4.79 Å². The summed E-state index contributed by atoms with van der Waals surface area (Å²) >= 11 is 0. The minimum absolute atomic E-state index is 0. The Morgan fingerprint density at radius 3 is 2.31 bits per heavy atom. The van der Waals surface area contributed by atoms with Crippen LogP contribution in [0.15, 0.2) is 0 Å². The first-order valence-corrected chi connectivity index (χ1v) is 4.61. The van der Waals surface area contributed by atoms with Crippen LogP contribution in [-0.2, 0) is 9.53 Å². The van der Waals surface area contributed by atoms with E-state index in [1.165, 1.54) is 0 Å². The summed E-state index contributed by atoms with van der Waals surface area (Å²) in [6.07, 6.45) is -3.64. The quantitative estimate of drug-likeness (QED) is 0.766. The first kappa shape index (κ1) is 15.5. The third-order valence-electron chi connectivity index (χ3n) is 2.20. The van der Waals surface area contributed by atoms with Crippen LogP contribution >= 0.6 is 12.4 Å². The minimum atomic E-state index is -4.69. The maximum atomic E-state index is 12.0. The summed E-state index contributed by atoms with van der Waals surface area (Å²) in [5.74, 6) is -1.17. The van der Waals surface area contributed by atoms with Gasteiger partial charge in [-0.25, -0.2) is 0 Å². The Labute approximate surface area is 97.1 Å². The lowest BCUT2D eigenvalue weighted by Crippen LogP contribution is -2.53. The highest BCUT2D eigenvalue weighted by molar-refractivity contribution is 5.85. The van der Waals surface area contributed by atoms with E-state index < -0.39 is 18.1 Å². The van der Waals surface area contributed by atoms with E-state index in [-0.39, 0.29) is 18.4 Å². The van der Waals surface area contributed by atoms with Crippen molar-refractivity contribution in [2.24, 2.45) is 5.73 Å². The molecule has 3 N–H and O–H groups in total. The molecule has 0 aromatic rings. The van der Waals surface area contributed by atoms with Gasteiger partial charge in [-0.1, -0.05) is 0 Å². The normalized spacial score (nSPS) is 19.8. The molecule has 1 amide bonds. The lowest BCUT2D eigenvalue weighted by Gasteiger charge is -2.25. The van der Waals surface area contributed by atoms with Crippen molar-refractivity contribution in [1.82, 2.24) is 5.32 Å². The second-order valence-electron chi connectivity index (χ2n) is 3.41. The minimum Gasteiger partial charge on any atom is -0.381 e. The molecule has 96 valence electrons. The van der Waals surface area contributed by atoms with Gasteiger partial charge >= 0.3 is 6.18 Å². The van der Waals surface area contributed by atoms with Crippen molar-refractivity contribution in [1.29, 1.82) is 0 Å². The van der Waals surface area contributed by atoms with Crippen molar-refractivity contribution in [3.05, 3.63) is 0 Å². The Hall–Kier alpha value is -0.530. The molecule has 0 saturated carbocycles. The van der Waals surface area contributed by atoms with Crippen LogP contribution in [0.2, 0.25) is 0 Å². The summed E-state index contributed by atoms with van der Waals surface area (Å²) in [5, 5.41) is 2.26. The zero-order chi connectivity index (χ0) is 11.5. The van der Waals surface area contributed by atoms with Gasteiger partial charge in [-0.15, -0.1) is 12.4 Å². The molecule has 1 heterocycles. The molecule has 0 bridgehead atoms. The van der Waals surface area contributed by atoms with Gasteiger partial charge in [0.25, 0.3) is 0 Å². The van der Waals surface area contributed by atoms with Crippen molar-refractivity contribution < 1.29 is 22.7 Å². The first-order valence-electron chi connectivity index (χ1n) is 4.61. The second kappa shape index (κ2) is 6.27. The fourth-order valence-corrected chi connectivity index (χ4v) is 1.28. The van der Waals surface area contributed by atoms with E-state index in [1.54, 1.807) is 0 Å². The number of carbonyl (C=O) groups excluding carboxylic acids is 1. The third kappa shape index (κ3) is 4.54. The molecular formula is C8H14ClF3N2O2. The summed E-state index contributed by atoms with van der Waals surface area (Å²) < 4.78 is 41.1. The van der Waals surface area contributed by atoms with Crippen LogP contribution in [0, 0.1) is 0 Å². The van der Waals surface area contributed by atoms with Crippen LogP contribution in [0.4, 0.5) is 13.2 Å². The van der Waals surface area contributed by atoms with Gasteiger partial charge in [0, 0.05) is 19.3 Å². The maximum Gasteiger partial charge on any atom is 0.412 e. The standard InChI is InChI=1S/C8H13F3N2O2.ClH/c9-8(10,11)6(12)7(14)13-5-1-3-15-4-2-5;/h5-6H,1-4,12H2,(H,13,14);1H. The zero-order valence-electron chi connectivity index (χ0n) is 8.42. The molecule has 0 spiro atoms. The summed E-state index contributed by atoms with van der Waals surface area (Å²) in [6.45, 7) is 0.901. The average Bonchev–Trinajstić information content (AvgIpc) is 2.16. The summed E-state index contributed by atoms with van der Waals surface area (Å²) in [6, 6.07) is -2.71. The molecule has 1 aliphatic heterocycles. The second-order valence-corrected chi connectivity index (χ2v) is 3.41. The highest BCUT2D eigenvalue weighted by Gasteiger charge is 2.42. The molecule has 0 radical (unpaired) electrons. The maximum absolute atomic E-state index is 12.0. The molecule has 1 unspecified atom stereocenters. The number of carbonyl (C=O) groups is 1. The van der Waals surface area contributed by atoms with Gasteiger partial charge in [0.1, 0.15) is 0 Å². The predicted molar refractivity (Wildman–Crippen MR) is 53.3 cm³/mol. The van der Waals surface area contributed by atoms with Crippen LogP contribution in [0.3, 0.4) is 0 Å². The number of nitrogens with two attached hydrogens (primary N) is 1. The van der Waals surface area contributed by atoms with E-state index >= 15 is 0 Å². The lowest BCUT2D eigenvalue weighted by atomic mass is 10.1. The number of hydrogen-bond donors (Lipinski definition) is 2. The average molecular weight is 263 g/mol. The third-order valence-corrected chi connectivity index (χ3v) is 2.20. The number of rotatable bonds is 2. The molecule has 1 atom stereocenters. The molecule has 0 aromatic carbocycles. The van der Waals surface area contributed by atoms with Crippen LogP contribution in [0.5, 0.6) is 0 Å². The Morgan fingerprint density at radius 1 is 1.38 bits per heavy atom. The summed E-state index contributed by atoms with van der Waals surface area (Å²) in [5.41, 5.74) is 4.74. The fraction of sp³-hybridized carbons (Fsp3) is 0.875. The van der Waals surface area contributed by atoms with Crippen molar-refractivity contribution in [3.8, 4) is 0 Å². The highest BCUT2D eigenvalue weighted by Crippen LogP contribution is 2.19. The first-order chi connectivity index (χ1) is 6.91. The Morgan fingerprint density at radius 2 is 1.88 bits per heavy atom. The molecule has 1 rings (SSSR count). The lowest BCUT2D eigenvalue weighted by molar-refractivity contribution is -0.163. The molecule has 16 heavy (non-hydrogen) atoms. The zero-order valence-corrected chi connectivity index (χ0v) is 9.24. The van der Waals surface area contributed by atoms with Gasteiger partial charge in [0.2, 0.25) is 5.91 Å². The Balaban J connectivity index is 0.00000225. The summed E-state index contributed by atoms with van der Waals surface area (Å²) in [4.78, 5) is 11.1. The molecule has 0 aliphatic carbocycles. The van der Waals surface area contributed by atoms with Crippen molar-refractivity contribution in [3.63, 3.8) is 0 Å². The smallest absolute Gasteiger partial charge is 0.381 e. The van der Waals surface area contributed by atoms with Gasteiger partial charge in [-0.2, -0.15) is 13.2 Å². The van der Waals surface area contributed by atoms with E-state index in [0.29, 0.717) is 26.1 Å². The van der Waals surface area contributed by atoms with Gasteiger partial charge in [0.15, 0.2) is 6.04 Å².